The van der Waals surface area contributed by atoms with Crippen LogP contribution in [0.4, 0.5) is 0 Å². The fourth-order valence-electron chi connectivity index (χ4n) is 0.817. The third-order valence-corrected chi connectivity index (χ3v) is 1.40. The van der Waals surface area contributed by atoms with Gasteiger partial charge < -0.3 is 10.5 Å². The summed E-state index contributed by atoms with van der Waals surface area (Å²) in [7, 11) is 1.50. The first kappa shape index (κ1) is 19.3. The second kappa shape index (κ2) is 15.1. The predicted molar refractivity (Wildman–Crippen MR) is 66.5 cm³/mol. The van der Waals surface area contributed by atoms with E-state index in [4.69, 9.17) is 4.74 Å². The summed E-state index contributed by atoms with van der Waals surface area (Å²) in [6, 6.07) is 0. The Morgan fingerprint density at radius 1 is 1.47 bits per heavy atom. The molecule has 0 amide bonds. The lowest BCUT2D eigenvalue weighted by molar-refractivity contribution is -0.131. The minimum absolute atomic E-state index is 0. The van der Waals surface area contributed by atoms with E-state index in [2.05, 4.69) is 12.3 Å². The van der Waals surface area contributed by atoms with Crippen LogP contribution in [0.2, 0.25) is 0 Å². The van der Waals surface area contributed by atoms with Crippen molar-refractivity contribution in [3.8, 4) is 0 Å². The number of carbonyl (C=O) groups excluding carboxylic acids is 1. The minimum atomic E-state index is -0.211. The Hall–Kier alpha value is -1.35. The summed E-state index contributed by atoms with van der Waals surface area (Å²) in [6.45, 7) is 7.74. The molecule has 1 atom stereocenters. The molecule has 0 saturated heterocycles. The van der Waals surface area contributed by atoms with Gasteiger partial charge in [0.1, 0.15) is 6.10 Å². The van der Waals surface area contributed by atoms with E-state index in [0.29, 0.717) is 6.47 Å². The number of ether oxygens (including phenoxy) is 1. The third-order valence-electron chi connectivity index (χ3n) is 1.40. The first-order valence-electron chi connectivity index (χ1n) is 4.38. The largest absolute Gasteiger partial charge is 0.460 e. The lowest BCUT2D eigenvalue weighted by Crippen LogP contribution is -2.08. The number of hydrogen-bond donors (Lipinski definition) is 1. The lowest BCUT2D eigenvalue weighted by atomic mass is 10.1. The van der Waals surface area contributed by atoms with Crippen molar-refractivity contribution in [2.75, 3.05) is 7.05 Å². The summed E-state index contributed by atoms with van der Waals surface area (Å²) in [5.74, 6) is 0. The molecule has 0 aliphatic carbocycles. The van der Waals surface area contributed by atoms with Crippen molar-refractivity contribution in [1.29, 1.82) is 0 Å². The maximum atomic E-state index is 10.0. The highest BCUT2D eigenvalue weighted by Gasteiger charge is 2.03. The van der Waals surface area contributed by atoms with Crippen LogP contribution in [-0.4, -0.2) is 19.6 Å². The summed E-state index contributed by atoms with van der Waals surface area (Å²) >= 11 is 0. The molecule has 0 rings (SSSR count). The van der Waals surface area contributed by atoms with Crippen molar-refractivity contribution in [3.05, 3.63) is 36.5 Å². The van der Waals surface area contributed by atoms with Gasteiger partial charge in [-0.05, 0) is 26.5 Å². The number of carbonyl (C=O) groups is 1. The van der Waals surface area contributed by atoms with E-state index in [0.717, 1.165) is 5.57 Å². The van der Waals surface area contributed by atoms with Gasteiger partial charge in [0.15, 0.2) is 0 Å². The van der Waals surface area contributed by atoms with E-state index in [1.807, 2.05) is 32.1 Å². The zero-order valence-corrected chi connectivity index (χ0v) is 9.07. The topological polar surface area (TPSA) is 52.3 Å². The Balaban J connectivity index is -0.000000449. The van der Waals surface area contributed by atoms with Crippen LogP contribution in [0.15, 0.2) is 36.5 Å². The number of rotatable bonds is 5. The molecule has 3 nitrogen and oxygen atoms in total. The Morgan fingerprint density at radius 3 is 2.33 bits per heavy atom. The average molecular weight is 213 g/mol. The van der Waals surface area contributed by atoms with Crippen LogP contribution in [0.3, 0.4) is 0 Å². The summed E-state index contributed by atoms with van der Waals surface area (Å²) in [6.07, 6.45) is 7.04. The van der Waals surface area contributed by atoms with Gasteiger partial charge in [-0.3, -0.25) is 4.79 Å². The molecule has 0 radical (unpaired) electrons. The maximum Gasteiger partial charge on any atom is 0.293 e. The van der Waals surface area contributed by atoms with Crippen molar-refractivity contribution in [3.63, 3.8) is 0 Å². The molecule has 0 aromatic rings. The highest BCUT2D eigenvalue weighted by molar-refractivity contribution is 5.40. The molecule has 0 fully saturated rings. The van der Waals surface area contributed by atoms with Gasteiger partial charge in [-0.25, -0.2) is 0 Å². The Morgan fingerprint density at radius 2 is 2.00 bits per heavy atom. The van der Waals surface area contributed by atoms with E-state index >= 15 is 0 Å². The average Bonchev–Trinajstić information content (AvgIpc) is 2.21. The normalized spacial score (nSPS) is 11.9. The molecule has 0 unspecified atom stereocenters. The Kier molecular flexibility index (Phi) is 19.4. The second-order valence-corrected chi connectivity index (χ2v) is 2.28. The molecule has 0 saturated carbocycles. The molecule has 3 heteroatoms. The van der Waals surface area contributed by atoms with Gasteiger partial charge in [0.05, 0.1) is 0 Å². The molecule has 0 heterocycles. The molecule has 0 bridgehead atoms. The highest BCUT2D eigenvalue weighted by Crippen LogP contribution is 2.07. The summed E-state index contributed by atoms with van der Waals surface area (Å²) in [5, 5.41) is 0. The van der Waals surface area contributed by atoms with Crippen molar-refractivity contribution < 1.29 is 9.53 Å². The fourth-order valence-corrected chi connectivity index (χ4v) is 0.817. The SMILES string of the molecule is C.C=C/C=C(\C=C/C)[C@@H](C)OC=O.CN. The molecular weight excluding hydrogens is 190 g/mol. The standard InChI is InChI=1S/C10H14O2.CH5N.CH4/c1-4-6-10(7-5-2)9(3)12-8-11;1-2;/h4-9H,1H2,2-3H3;2H2,1H3;1H4/b7-5-,10-6+;;/t9-;;/m1../s1. The Bertz CT molecular complexity index is 208. The van der Waals surface area contributed by atoms with E-state index in [1.165, 1.54) is 7.05 Å². The van der Waals surface area contributed by atoms with Gasteiger partial charge >= 0.3 is 0 Å². The lowest BCUT2D eigenvalue weighted by Gasteiger charge is -2.09. The molecule has 88 valence electrons. The van der Waals surface area contributed by atoms with E-state index in [1.54, 1.807) is 6.08 Å². The van der Waals surface area contributed by atoms with E-state index < -0.39 is 0 Å². The summed E-state index contributed by atoms with van der Waals surface area (Å²) in [5.41, 5.74) is 5.43. The van der Waals surface area contributed by atoms with Crippen molar-refractivity contribution >= 4 is 6.47 Å². The highest BCUT2D eigenvalue weighted by atomic mass is 16.5. The summed E-state index contributed by atoms with van der Waals surface area (Å²) < 4.78 is 4.76. The van der Waals surface area contributed by atoms with Gasteiger partial charge in [-0.2, -0.15) is 0 Å². The zero-order valence-electron chi connectivity index (χ0n) is 9.07. The van der Waals surface area contributed by atoms with Crippen LogP contribution in [0.5, 0.6) is 0 Å². The molecule has 0 spiro atoms. The summed E-state index contributed by atoms with van der Waals surface area (Å²) in [4.78, 5) is 10.0. The van der Waals surface area contributed by atoms with Crippen LogP contribution in [0, 0.1) is 0 Å². The Labute approximate surface area is 93.3 Å². The zero-order chi connectivity index (χ0) is 11.4. The van der Waals surface area contributed by atoms with Crippen molar-refractivity contribution in [2.45, 2.75) is 27.4 Å². The first-order chi connectivity index (χ1) is 6.76. The van der Waals surface area contributed by atoms with Crippen LogP contribution >= 0.6 is 0 Å². The number of allylic oxidation sites excluding steroid dienone is 3. The second-order valence-electron chi connectivity index (χ2n) is 2.28. The van der Waals surface area contributed by atoms with Gasteiger partial charge in [0.2, 0.25) is 0 Å². The first-order valence-corrected chi connectivity index (χ1v) is 4.38. The van der Waals surface area contributed by atoms with Crippen LogP contribution in [-0.2, 0) is 9.53 Å². The molecule has 0 aromatic heterocycles. The molecule has 0 aromatic carbocycles. The fraction of sp³-hybridized carbons (Fsp3) is 0.417. The van der Waals surface area contributed by atoms with Gasteiger partial charge in [-0.15, -0.1) is 0 Å². The molecule has 0 aliphatic rings. The number of nitrogens with two attached hydrogens (primary N) is 1. The predicted octanol–water partition coefficient (Wildman–Crippen LogP) is 2.45. The third kappa shape index (κ3) is 10.6. The van der Waals surface area contributed by atoms with Crippen LogP contribution in [0.1, 0.15) is 21.3 Å². The van der Waals surface area contributed by atoms with Crippen molar-refractivity contribution in [1.82, 2.24) is 0 Å². The van der Waals surface area contributed by atoms with Gasteiger partial charge in [0, 0.05) is 0 Å². The molecule has 0 aliphatic heterocycles. The van der Waals surface area contributed by atoms with Crippen molar-refractivity contribution in [2.24, 2.45) is 5.73 Å². The van der Waals surface area contributed by atoms with Crippen LogP contribution in [0.25, 0.3) is 0 Å². The number of hydrogen-bond acceptors (Lipinski definition) is 3. The molecular formula is C12H23NO2. The molecule has 2 N–H and O–H groups in total. The quantitative estimate of drug-likeness (QED) is 0.563. The smallest absolute Gasteiger partial charge is 0.293 e. The molecule has 15 heavy (non-hydrogen) atoms. The van der Waals surface area contributed by atoms with Gasteiger partial charge in [0.25, 0.3) is 6.47 Å². The minimum Gasteiger partial charge on any atom is -0.460 e. The van der Waals surface area contributed by atoms with Gasteiger partial charge in [-0.1, -0.05) is 38.3 Å². The van der Waals surface area contributed by atoms with E-state index in [-0.39, 0.29) is 13.5 Å². The maximum absolute atomic E-state index is 10.0. The van der Waals surface area contributed by atoms with Crippen LogP contribution < -0.4 is 5.73 Å². The van der Waals surface area contributed by atoms with E-state index in [9.17, 15) is 4.79 Å². The monoisotopic (exact) mass is 213 g/mol.